The van der Waals surface area contributed by atoms with E-state index in [0.717, 1.165) is 16.9 Å². The zero-order valence-corrected chi connectivity index (χ0v) is 33.3. The van der Waals surface area contributed by atoms with Gasteiger partial charge in [0.1, 0.15) is 11.2 Å². The van der Waals surface area contributed by atoms with Crippen LogP contribution in [0, 0.1) is 0 Å². The molecule has 1 aliphatic carbocycles. The molecule has 282 valence electrons. The number of hydrogen-bond acceptors (Lipinski definition) is 1. The molecule has 1 aliphatic rings. The van der Waals surface area contributed by atoms with Gasteiger partial charge in [-0.3, -0.25) is 0 Å². The lowest BCUT2D eigenvalue weighted by atomic mass is 9.82. The van der Waals surface area contributed by atoms with Crippen LogP contribution in [0.5, 0.6) is 0 Å². The summed E-state index contributed by atoms with van der Waals surface area (Å²) in [5.74, 6) is 0. The fourth-order valence-corrected chi connectivity index (χ4v) is 10.4. The van der Waals surface area contributed by atoms with Crippen LogP contribution in [-0.2, 0) is 5.41 Å². The molecule has 0 saturated carbocycles. The Bertz CT molecular complexity index is 3730. The van der Waals surface area contributed by atoms with Gasteiger partial charge in [0.15, 0.2) is 0 Å². The van der Waals surface area contributed by atoms with Gasteiger partial charge in [-0.25, -0.2) is 0 Å². The van der Waals surface area contributed by atoms with Crippen molar-refractivity contribution in [1.29, 1.82) is 0 Å². The lowest BCUT2D eigenvalue weighted by molar-refractivity contribution is 0.653. The van der Waals surface area contributed by atoms with Crippen LogP contribution in [0.25, 0.3) is 110 Å². The maximum absolute atomic E-state index is 6.59. The van der Waals surface area contributed by atoms with Crippen LogP contribution in [0.1, 0.15) is 25.0 Å². The molecular formula is C57H38N2O. The zero-order chi connectivity index (χ0) is 39.7. The van der Waals surface area contributed by atoms with E-state index in [1.54, 1.807) is 0 Å². The molecule has 12 aromatic rings. The van der Waals surface area contributed by atoms with Gasteiger partial charge in [-0.1, -0.05) is 147 Å². The van der Waals surface area contributed by atoms with Gasteiger partial charge in [0.2, 0.25) is 0 Å². The third kappa shape index (κ3) is 4.60. The van der Waals surface area contributed by atoms with E-state index in [0.29, 0.717) is 0 Å². The van der Waals surface area contributed by atoms with Gasteiger partial charge in [0, 0.05) is 54.7 Å². The maximum atomic E-state index is 6.59. The average molecular weight is 767 g/mol. The molecule has 3 heteroatoms. The van der Waals surface area contributed by atoms with E-state index >= 15 is 0 Å². The van der Waals surface area contributed by atoms with E-state index in [1.807, 2.05) is 0 Å². The van der Waals surface area contributed by atoms with Crippen molar-refractivity contribution in [2.24, 2.45) is 0 Å². The summed E-state index contributed by atoms with van der Waals surface area (Å²) < 4.78 is 11.5. The standard InChI is InChI=1S/C57H38N2O/c1-57(2)48-30-29-45-44-16-8-11-19-54(44)60-56(45)55(48)46-28-26-40(34-49(46)57)59-51-18-10-7-15-42(51)47-32-37(23-31-52(47)59)38-22-27-43-41-14-6-9-17-50(41)58(53(43)33-38)39-24-20-36(21-25-39)35-12-4-3-5-13-35/h3-34H,1-2H3. The molecule has 0 bridgehead atoms. The van der Waals surface area contributed by atoms with Crippen molar-refractivity contribution in [3.05, 3.63) is 205 Å². The molecule has 0 fully saturated rings. The number of furan rings is 1. The molecule has 0 unspecified atom stereocenters. The average Bonchev–Trinajstić information content (AvgIpc) is 4.01. The number of fused-ring (bicyclic) bond motifs is 13. The molecule has 3 aromatic heterocycles. The first-order valence-corrected chi connectivity index (χ1v) is 20.8. The molecule has 0 saturated heterocycles. The largest absolute Gasteiger partial charge is 0.455 e. The molecule has 0 aliphatic heterocycles. The van der Waals surface area contributed by atoms with Gasteiger partial charge in [-0.15, -0.1) is 0 Å². The van der Waals surface area contributed by atoms with Crippen LogP contribution >= 0.6 is 0 Å². The van der Waals surface area contributed by atoms with E-state index < -0.39 is 0 Å². The van der Waals surface area contributed by atoms with Crippen LogP contribution < -0.4 is 0 Å². The number of benzene rings is 9. The Labute approximate surface area is 347 Å². The van der Waals surface area contributed by atoms with Crippen LogP contribution in [0.3, 0.4) is 0 Å². The Morgan fingerprint density at radius 3 is 1.73 bits per heavy atom. The van der Waals surface area contributed by atoms with Gasteiger partial charge in [0.05, 0.1) is 22.1 Å². The Balaban J connectivity index is 0.951. The minimum Gasteiger partial charge on any atom is -0.455 e. The van der Waals surface area contributed by atoms with E-state index in [9.17, 15) is 0 Å². The minimum absolute atomic E-state index is 0.190. The summed E-state index contributed by atoms with van der Waals surface area (Å²) in [7, 11) is 0. The van der Waals surface area contributed by atoms with Crippen molar-refractivity contribution in [2.75, 3.05) is 0 Å². The van der Waals surface area contributed by atoms with Gasteiger partial charge in [-0.2, -0.15) is 0 Å². The SMILES string of the molecule is CC1(C)c2cc(-n3c4ccccc4c4cc(-c5ccc6c7ccccc7n(-c7ccc(-c8ccccc8)cc7)c6c5)ccc43)ccc2-c2c1ccc1c2oc2ccccc21. The summed E-state index contributed by atoms with van der Waals surface area (Å²) in [5, 5.41) is 7.34. The molecule has 0 radical (unpaired) electrons. The van der Waals surface area contributed by atoms with Crippen molar-refractivity contribution in [2.45, 2.75) is 19.3 Å². The van der Waals surface area contributed by atoms with Crippen molar-refractivity contribution in [1.82, 2.24) is 9.13 Å². The first-order valence-electron chi connectivity index (χ1n) is 20.8. The van der Waals surface area contributed by atoms with E-state index in [-0.39, 0.29) is 5.41 Å². The molecule has 0 amide bonds. The van der Waals surface area contributed by atoms with Gasteiger partial charge < -0.3 is 13.6 Å². The van der Waals surface area contributed by atoms with Crippen molar-refractivity contribution in [3.63, 3.8) is 0 Å². The predicted octanol–water partition coefficient (Wildman–Crippen LogP) is 15.4. The number of nitrogens with zero attached hydrogens (tertiary/aromatic N) is 2. The maximum Gasteiger partial charge on any atom is 0.143 e. The summed E-state index contributed by atoms with van der Waals surface area (Å²) in [6, 6.07) is 71.1. The smallest absolute Gasteiger partial charge is 0.143 e. The summed E-state index contributed by atoms with van der Waals surface area (Å²) in [4.78, 5) is 0. The first-order chi connectivity index (χ1) is 29.5. The summed E-state index contributed by atoms with van der Waals surface area (Å²) in [5.41, 5.74) is 18.8. The second-order valence-corrected chi connectivity index (χ2v) is 16.9. The van der Waals surface area contributed by atoms with Crippen LogP contribution in [-0.4, -0.2) is 9.13 Å². The molecule has 0 atom stereocenters. The second kappa shape index (κ2) is 12.2. The summed E-state index contributed by atoms with van der Waals surface area (Å²) in [6.45, 7) is 4.70. The fraction of sp³-hybridized carbons (Fsp3) is 0.0526. The highest BCUT2D eigenvalue weighted by molar-refractivity contribution is 6.14. The molecule has 0 spiro atoms. The Morgan fingerprint density at radius 1 is 0.367 bits per heavy atom. The molecule has 3 nitrogen and oxygen atoms in total. The third-order valence-corrected chi connectivity index (χ3v) is 13.3. The van der Waals surface area contributed by atoms with E-state index in [4.69, 9.17) is 4.42 Å². The first kappa shape index (κ1) is 33.4. The molecule has 0 N–H and O–H groups in total. The van der Waals surface area contributed by atoms with E-state index in [2.05, 4.69) is 217 Å². The van der Waals surface area contributed by atoms with Crippen LogP contribution in [0.15, 0.2) is 199 Å². The lowest BCUT2D eigenvalue weighted by Crippen LogP contribution is -2.15. The summed E-state index contributed by atoms with van der Waals surface area (Å²) in [6.07, 6.45) is 0. The van der Waals surface area contributed by atoms with Crippen molar-refractivity contribution in [3.8, 4) is 44.8 Å². The Morgan fingerprint density at radius 2 is 0.933 bits per heavy atom. The molecule has 9 aromatic carbocycles. The second-order valence-electron chi connectivity index (χ2n) is 16.9. The van der Waals surface area contributed by atoms with Crippen molar-refractivity contribution < 1.29 is 4.42 Å². The highest BCUT2D eigenvalue weighted by Gasteiger charge is 2.38. The zero-order valence-electron chi connectivity index (χ0n) is 33.3. The van der Waals surface area contributed by atoms with Gasteiger partial charge in [-0.05, 0) is 99.6 Å². The minimum atomic E-state index is -0.190. The Kier molecular flexibility index (Phi) is 6.78. The summed E-state index contributed by atoms with van der Waals surface area (Å²) >= 11 is 0. The predicted molar refractivity (Wildman–Crippen MR) is 251 cm³/mol. The molecular weight excluding hydrogens is 729 g/mol. The number of rotatable bonds is 4. The topological polar surface area (TPSA) is 23.0 Å². The highest BCUT2D eigenvalue weighted by Crippen LogP contribution is 2.53. The van der Waals surface area contributed by atoms with Crippen LogP contribution in [0.2, 0.25) is 0 Å². The van der Waals surface area contributed by atoms with Gasteiger partial charge in [0.25, 0.3) is 0 Å². The van der Waals surface area contributed by atoms with Gasteiger partial charge >= 0.3 is 0 Å². The number of hydrogen-bond donors (Lipinski definition) is 0. The Hall–Kier alpha value is -7.62. The molecule has 60 heavy (non-hydrogen) atoms. The fourth-order valence-electron chi connectivity index (χ4n) is 10.4. The monoisotopic (exact) mass is 766 g/mol. The quantitative estimate of drug-likeness (QED) is 0.175. The van der Waals surface area contributed by atoms with E-state index in [1.165, 1.54) is 105 Å². The molecule has 3 heterocycles. The highest BCUT2D eigenvalue weighted by atomic mass is 16.3. The third-order valence-electron chi connectivity index (χ3n) is 13.3. The normalized spacial score (nSPS) is 13.3. The number of para-hydroxylation sites is 3. The molecule has 13 rings (SSSR count). The van der Waals surface area contributed by atoms with Crippen LogP contribution in [0.4, 0.5) is 0 Å². The number of aromatic nitrogens is 2. The lowest BCUT2D eigenvalue weighted by Gasteiger charge is -2.22. The van der Waals surface area contributed by atoms with Crippen molar-refractivity contribution >= 4 is 65.6 Å².